The van der Waals surface area contributed by atoms with Crippen LogP contribution < -0.4 is 5.32 Å². The number of unbranched alkanes of at least 4 members (excludes halogenated alkanes) is 30. The van der Waals surface area contributed by atoms with Crippen molar-refractivity contribution >= 4 is 5.91 Å². The van der Waals surface area contributed by atoms with E-state index in [4.69, 9.17) is 18.9 Å². The Labute approximate surface area is 498 Å². The molecule has 2 heterocycles. The number of carbonyl (C=O) groups excluding carboxylic acids is 1. The summed E-state index contributed by atoms with van der Waals surface area (Å²) in [6.45, 7) is 2.61. The van der Waals surface area contributed by atoms with Crippen LogP contribution in [0.1, 0.15) is 258 Å². The minimum absolute atomic E-state index is 0.250. The maximum Gasteiger partial charge on any atom is 0.220 e. The van der Waals surface area contributed by atoms with Gasteiger partial charge in [-0.1, -0.05) is 254 Å². The first kappa shape index (κ1) is 75.5. The number of aliphatic hydroxyl groups excluding tert-OH is 8. The Kier molecular flexibility index (Phi) is 48.6. The summed E-state index contributed by atoms with van der Waals surface area (Å²) >= 11 is 0. The summed E-state index contributed by atoms with van der Waals surface area (Å²) in [5.74, 6) is -0.250. The van der Waals surface area contributed by atoms with Gasteiger partial charge in [0.05, 0.1) is 32.0 Å². The molecule has 2 saturated heterocycles. The summed E-state index contributed by atoms with van der Waals surface area (Å²) in [6.07, 6.45) is 54.5. The normalized spacial score (nSPS) is 24.4. The number of carbonyl (C=O) groups is 1. The smallest absolute Gasteiger partial charge is 0.220 e. The van der Waals surface area contributed by atoms with Crippen LogP contribution in [0.5, 0.6) is 0 Å². The minimum Gasteiger partial charge on any atom is -0.394 e. The molecule has 0 saturated carbocycles. The lowest BCUT2D eigenvalue weighted by atomic mass is 9.97. The Balaban J connectivity index is 1.52. The Hall–Kier alpha value is -2.57. The summed E-state index contributed by atoms with van der Waals surface area (Å²) in [7, 11) is 0. The van der Waals surface area contributed by atoms with Crippen LogP contribution in [0.2, 0.25) is 0 Å². The van der Waals surface area contributed by atoms with Crippen LogP contribution in [0.3, 0.4) is 0 Å². The molecular formula is C68H121NO13. The van der Waals surface area contributed by atoms with E-state index < -0.39 is 86.8 Å². The second-order valence-electron chi connectivity index (χ2n) is 23.2. The Morgan fingerprint density at radius 1 is 0.451 bits per heavy atom. The van der Waals surface area contributed by atoms with Crippen molar-refractivity contribution in [2.45, 2.75) is 331 Å². The second-order valence-corrected chi connectivity index (χ2v) is 23.2. The summed E-state index contributed by atoms with van der Waals surface area (Å²) in [5.41, 5.74) is 0. The number of amides is 1. The number of rotatable bonds is 53. The maximum absolute atomic E-state index is 13.2. The number of allylic oxidation sites excluding steroid dienone is 11. The summed E-state index contributed by atoms with van der Waals surface area (Å²) in [4.78, 5) is 13.2. The lowest BCUT2D eigenvalue weighted by molar-refractivity contribution is -0.359. The quantitative estimate of drug-likeness (QED) is 0.0204. The third-order valence-electron chi connectivity index (χ3n) is 15.9. The zero-order valence-electron chi connectivity index (χ0n) is 51.5. The van der Waals surface area contributed by atoms with E-state index in [9.17, 15) is 45.6 Å². The molecule has 0 radical (unpaired) electrons. The van der Waals surface area contributed by atoms with E-state index >= 15 is 0 Å². The highest BCUT2D eigenvalue weighted by molar-refractivity contribution is 5.76. The van der Waals surface area contributed by atoms with Gasteiger partial charge in [0, 0.05) is 6.42 Å². The monoisotopic (exact) mass is 1160 g/mol. The molecule has 0 aliphatic carbocycles. The first-order valence-corrected chi connectivity index (χ1v) is 33.2. The molecule has 2 aliphatic heterocycles. The highest BCUT2D eigenvalue weighted by atomic mass is 16.7. The fourth-order valence-electron chi connectivity index (χ4n) is 10.6. The van der Waals surface area contributed by atoms with E-state index in [1.807, 2.05) is 6.08 Å². The van der Waals surface area contributed by atoms with Crippen molar-refractivity contribution in [1.29, 1.82) is 0 Å². The highest BCUT2D eigenvalue weighted by Crippen LogP contribution is 2.30. The van der Waals surface area contributed by atoms with Gasteiger partial charge in [-0.3, -0.25) is 4.79 Å². The Bertz CT molecular complexity index is 1650. The number of hydrogen-bond acceptors (Lipinski definition) is 13. The molecule has 12 unspecified atom stereocenters. The largest absolute Gasteiger partial charge is 0.394 e. The predicted octanol–water partition coefficient (Wildman–Crippen LogP) is 12.7. The third kappa shape index (κ3) is 37.1. The lowest BCUT2D eigenvalue weighted by Crippen LogP contribution is -2.65. The van der Waals surface area contributed by atoms with E-state index in [0.717, 1.165) is 64.2 Å². The lowest BCUT2D eigenvalue weighted by Gasteiger charge is -2.46. The average Bonchev–Trinajstić information content (AvgIpc) is 3.38. The van der Waals surface area contributed by atoms with Gasteiger partial charge < -0.3 is 65.1 Å². The molecule has 12 atom stereocenters. The molecule has 1 amide bonds. The Morgan fingerprint density at radius 3 is 1.34 bits per heavy atom. The molecule has 2 aliphatic rings. The van der Waals surface area contributed by atoms with Crippen LogP contribution in [0.15, 0.2) is 72.9 Å². The maximum atomic E-state index is 13.2. The second kappa shape index (κ2) is 52.7. The third-order valence-corrected chi connectivity index (χ3v) is 15.9. The van der Waals surface area contributed by atoms with E-state index in [-0.39, 0.29) is 18.9 Å². The molecule has 0 aromatic rings. The van der Waals surface area contributed by atoms with Crippen molar-refractivity contribution in [2.24, 2.45) is 0 Å². The van der Waals surface area contributed by atoms with Crippen LogP contribution >= 0.6 is 0 Å². The van der Waals surface area contributed by atoms with Crippen LogP contribution in [0, 0.1) is 0 Å². The van der Waals surface area contributed by atoms with Gasteiger partial charge in [-0.05, 0) is 70.6 Å². The molecule has 0 aromatic carbocycles. The average molecular weight is 1160 g/mol. The summed E-state index contributed by atoms with van der Waals surface area (Å²) in [5, 5.41) is 86.8. The molecule has 2 rings (SSSR count). The highest BCUT2D eigenvalue weighted by Gasteiger charge is 2.51. The summed E-state index contributed by atoms with van der Waals surface area (Å²) in [6, 6.07) is -0.929. The SMILES string of the molecule is CC/C=C\C/C=C\C/C=C\C/C=C\CCCCCCCCCCCCCCCCCCCCCCCCCCCCC(=O)NC(COC1OC(CO)C(OC2OC(CO)C(O)C(O)C2O)C(O)C1O)C(O)/C=C/CC/C=C/CCCCC. The van der Waals surface area contributed by atoms with Gasteiger partial charge in [-0.2, -0.15) is 0 Å². The van der Waals surface area contributed by atoms with Gasteiger partial charge in [-0.25, -0.2) is 0 Å². The molecule has 0 aromatic heterocycles. The molecule has 14 nitrogen and oxygen atoms in total. The Morgan fingerprint density at radius 2 is 0.854 bits per heavy atom. The van der Waals surface area contributed by atoms with Crippen molar-refractivity contribution in [3.05, 3.63) is 72.9 Å². The first-order valence-electron chi connectivity index (χ1n) is 33.2. The van der Waals surface area contributed by atoms with Gasteiger partial charge in [0.25, 0.3) is 0 Å². The molecular weight excluding hydrogens is 1040 g/mol. The molecule has 2 fully saturated rings. The van der Waals surface area contributed by atoms with E-state index in [1.54, 1.807) is 6.08 Å². The predicted molar refractivity (Wildman–Crippen MR) is 332 cm³/mol. The topological polar surface area (TPSA) is 228 Å². The fraction of sp³-hybridized carbons (Fsp3) is 0.809. The van der Waals surface area contributed by atoms with E-state index in [0.29, 0.717) is 12.8 Å². The van der Waals surface area contributed by atoms with Gasteiger partial charge in [-0.15, -0.1) is 0 Å². The standard InChI is InChI=1S/C68H121NO13/c1-3-5-7-9-11-13-14-15-16-17-18-19-20-21-22-23-24-25-26-27-28-29-30-31-32-33-34-35-36-37-38-39-40-41-42-44-46-48-50-52-60(73)69-56(57(72)51-49-47-45-43-12-10-8-6-4-2)55-79-67-65(78)63(76)66(59(54-71)81-67)82-68-64(77)62(75)61(74)58(53-70)80-68/h5,7,11-13,15-16,18-19,43,49,51,56-59,61-68,70-72,74-78H,3-4,6,8-10,14,17,20-42,44-48,50,52-55H2,1-2H3,(H,69,73)/b7-5-,13-11-,16-15-,19-18-,43-12+,51-49+. The zero-order valence-corrected chi connectivity index (χ0v) is 51.5. The van der Waals surface area contributed by atoms with Crippen LogP contribution in [-0.2, 0) is 23.7 Å². The van der Waals surface area contributed by atoms with Crippen molar-refractivity contribution in [3.63, 3.8) is 0 Å². The van der Waals surface area contributed by atoms with Crippen molar-refractivity contribution < 1.29 is 64.6 Å². The molecule has 0 spiro atoms. The van der Waals surface area contributed by atoms with E-state index in [2.05, 4.69) is 79.9 Å². The van der Waals surface area contributed by atoms with Crippen molar-refractivity contribution in [2.75, 3.05) is 19.8 Å². The van der Waals surface area contributed by atoms with Gasteiger partial charge in [0.15, 0.2) is 12.6 Å². The summed E-state index contributed by atoms with van der Waals surface area (Å²) < 4.78 is 22.7. The molecule has 14 heteroatoms. The zero-order chi connectivity index (χ0) is 59.5. The molecule has 0 bridgehead atoms. The van der Waals surface area contributed by atoms with Crippen LogP contribution in [0.25, 0.3) is 0 Å². The molecule has 9 N–H and O–H groups in total. The number of aliphatic hydroxyl groups is 8. The van der Waals surface area contributed by atoms with Crippen LogP contribution in [-0.4, -0.2) is 140 Å². The molecule has 476 valence electrons. The van der Waals surface area contributed by atoms with Gasteiger partial charge in [0.1, 0.15) is 48.8 Å². The van der Waals surface area contributed by atoms with E-state index in [1.165, 1.54) is 161 Å². The van der Waals surface area contributed by atoms with Crippen LogP contribution in [0.4, 0.5) is 0 Å². The van der Waals surface area contributed by atoms with Gasteiger partial charge in [0.2, 0.25) is 5.91 Å². The number of nitrogens with one attached hydrogen (secondary N) is 1. The fourth-order valence-corrected chi connectivity index (χ4v) is 10.6. The number of ether oxygens (including phenoxy) is 4. The first-order chi connectivity index (χ1) is 40.1. The van der Waals surface area contributed by atoms with Crippen molar-refractivity contribution in [1.82, 2.24) is 5.32 Å². The van der Waals surface area contributed by atoms with Gasteiger partial charge >= 0.3 is 0 Å². The number of hydrogen-bond donors (Lipinski definition) is 9. The minimum atomic E-state index is -1.79. The molecule has 82 heavy (non-hydrogen) atoms. The van der Waals surface area contributed by atoms with Crippen molar-refractivity contribution in [3.8, 4) is 0 Å².